The molecule has 0 bridgehead atoms. The zero-order valence-corrected chi connectivity index (χ0v) is 12.6. The molecule has 0 radical (unpaired) electrons. The standard InChI is InChI=1S/C15H26N4O2/c16-11-15(5-1-2-6-15)13(20)18-8-3-12(4-9-18)19-10-7-17-14(19)21/h12H,1-11,16H2,(H,17,21). The molecule has 3 aliphatic rings. The van der Waals surface area contributed by atoms with E-state index in [1.165, 1.54) is 0 Å². The molecule has 3 amide bonds. The van der Waals surface area contributed by atoms with Crippen molar-refractivity contribution in [3.63, 3.8) is 0 Å². The topological polar surface area (TPSA) is 78.7 Å². The van der Waals surface area contributed by atoms with Crippen LogP contribution in [0.2, 0.25) is 0 Å². The summed E-state index contributed by atoms with van der Waals surface area (Å²) in [6, 6.07) is 0.336. The van der Waals surface area contributed by atoms with Crippen LogP contribution in [0.1, 0.15) is 38.5 Å². The van der Waals surface area contributed by atoms with E-state index in [0.717, 1.165) is 64.7 Å². The Morgan fingerprint density at radius 2 is 1.90 bits per heavy atom. The second-order valence-electron chi connectivity index (χ2n) is 6.64. The van der Waals surface area contributed by atoms with Gasteiger partial charge in [0.25, 0.3) is 0 Å². The maximum atomic E-state index is 12.8. The lowest BCUT2D eigenvalue weighted by atomic mass is 9.84. The SMILES string of the molecule is NCC1(C(=O)N2CCC(N3CCNC3=O)CC2)CCCC1. The number of rotatable bonds is 3. The summed E-state index contributed by atoms with van der Waals surface area (Å²) in [4.78, 5) is 28.4. The number of hydrogen-bond donors (Lipinski definition) is 2. The first kappa shape index (κ1) is 14.6. The number of hydrogen-bond acceptors (Lipinski definition) is 3. The van der Waals surface area contributed by atoms with E-state index in [4.69, 9.17) is 5.73 Å². The smallest absolute Gasteiger partial charge is 0.317 e. The van der Waals surface area contributed by atoms with E-state index in [1.807, 2.05) is 9.80 Å². The van der Waals surface area contributed by atoms with Crippen LogP contribution in [0.3, 0.4) is 0 Å². The van der Waals surface area contributed by atoms with Crippen LogP contribution in [0.25, 0.3) is 0 Å². The Bertz CT molecular complexity index is 412. The average molecular weight is 294 g/mol. The van der Waals surface area contributed by atoms with Crippen LogP contribution in [0.5, 0.6) is 0 Å². The predicted octanol–water partition coefficient (Wildman–Crippen LogP) is 0.522. The molecule has 0 atom stereocenters. The number of amides is 3. The van der Waals surface area contributed by atoms with Gasteiger partial charge in [-0.05, 0) is 25.7 Å². The number of urea groups is 1. The molecule has 2 saturated heterocycles. The quantitative estimate of drug-likeness (QED) is 0.796. The van der Waals surface area contributed by atoms with Crippen molar-refractivity contribution in [1.82, 2.24) is 15.1 Å². The maximum absolute atomic E-state index is 12.8. The first-order chi connectivity index (χ1) is 10.2. The summed E-state index contributed by atoms with van der Waals surface area (Å²) in [6.07, 6.45) is 5.90. The third-order valence-electron chi connectivity index (χ3n) is 5.49. The van der Waals surface area contributed by atoms with E-state index in [0.29, 0.717) is 6.54 Å². The van der Waals surface area contributed by atoms with Crippen molar-refractivity contribution < 1.29 is 9.59 Å². The van der Waals surface area contributed by atoms with E-state index in [2.05, 4.69) is 5.32 Å². The molecule has 2 heterocycles. The van der Waals surface area contributed by atoms with E-state index < -0.39 is 0 Å². The fraction of sp³-hybridized carbons (Fsp3) is 0.867. The van der Waals surface area contributed by atoms with Crippen molar-refractivity contribution in [2.75, 3.05) is 32.7 Å². The predicted molar refractivity (Wildman–Crippen MR) is 79.7 cm³/mol. The van der Waals surface area contributed by atoms with Gasteiger partial charge in [-0.1, -0.05) is 12.8 Å². The van der Waals surface area contributed by atoms with E-state index >= 15 is 0 Å². The summed E-state index contributed by atoms with van der Waals surface area (Å²) in [5.74, 6) is 0.256. The van der Waals surface area contributed by atoms with E-state index in [9.17, 15) is 9.59 Å². The number of nitrogens with two attached hydrogens (primary N) is 1. The van der Waals surface area contributed by atoms with Crippen molar-refractivity contribution in [3.8, 4) is 0 Å². The third-order valence-corrected chi connectivity index (χ3v) is 5.49. The Balaban J connectivity index is 1.58. The Labute approximate surface area is 126 Å². The molecule has 0 unspecified atom stereocenters. The lowest BCUT2D eigenvalue weighted by molar-refractivity contribution is -0.142. The van der Waals surface area contributed by atoms with Crippen molar-refractivity contribution in [1.29, 1.82) is 0 Å². The summed E-state index contributed by atoms with van der Waals surface area (Å²) in [6.45, 7) is 3.53. The molecule has 2 aliphatic heterocycles. The average Bonchev–Trinajstić information content (AvgIpc) is 3.16. The van der Waals surface area contributed by atoms with Gasteiger partial charge in [0.15, 0.2) is 0 Å². The maximum Gasteiger partial charge on any atom is 0.317 e. The number of carbonyl (C=O) groups excluding carboxylic acids is 2. The molecule has 0 aromatic carbocycles. The highest BCUT2D eigenvalue weighted by atomic mass is 16.2. The van der Waals surface area contributed by atoms with Gasteiger partial charge in [-0.25, -0.2) is 4.79 Å². The van der Waals surface area contributed by atoms with Gasteiger partial charge in [0.1, 0.15) is 0 Å². The van der Waals surface area contributed by atoms with Crippen LogP contribution in [0.15, 0.2) is 0 Å². The van der Waals surface area contributed by atoms with E-state index in [-0.39, 0.29) is 23.4 Å². The fourth-order valence-corrected chi connectivity index (χ4v) is 4.11. The third kappa shape index (κ3) is 2.61. The highest BCUT2D eigenvalue weighted by Crippen LogP contribution is 2.39. The molecule has 0 spiro atoms. The second-order valence-corrected chi connectivity index (χ2v) is 6.64. The Morgan fingerprint density at radius 3 is 2.43 bits per heavy atom. The molecule has 1 aliphatic carbocycles. The van der Waals surface area contributed by atoms with Gasteiger partial charge in [0, 0.05) is 38.8 Å². The fourth-order valence-electron chi connectivity index (χ4n) is 4.11. The van der Waals surface area contributed by atoms with Crippen LogP contribution in [0, 0.1) is 5.41 Å². The monoisotopic (exact) mass is 294 g/mol. The number of carbonyl (C=O) groups is 2. The molecule has 21 heavy (non-hydrogen) atoms. The number of piperidine rings is 1. The minimum atomic E-state index is -0.294. The summed E-state index contributed by atoms with van der Waals surface area (Å²) < 4.78 is 0. The zero-order valence-electron chi connectivity index (χ0n) is 12.6. The zero-order chi connectivity index (χ0) is 14.9. The number of likely N-dealkylation sites (tertiary alicyclic amines) is 1. The van der Waals surface area contributed by atoms with Gasteiger partial charge in [-0.3, -0.25) is 4.79 Å². The molecule has 118 valence electrons. The van der Waals surface area contributed by atoms with Crippen molar-refractivity contribution in [2.24, 2.45) is 11.1 Å². The molecular formula is C15H26N4O2. The highest BCUT2D eigenvalue weighted by molar-refractivity contribution is 5.83. The minimum Gasteiger partial charge on any atom is -0.342 e. The first-order valence-corrected chi connectivity index (χ1v) is 8.20. The molecule has 1 saturated carbocycles. The van der Waals surface area contributed by atoms with Gasteiger partial charge in [0.2, 0.25) is 5.91 Å². The summed E-state index contributed by atoms with van der Waals surface area (Å²) in [5.41, 5.74) is 5.62. The van der Waals surface area contributed by atoms with Crippen LogP contribution in [-0.4, -0.2) is 60.5 Å². The Hall–Kier alpha value is -1.30. The molecular weight excluding hydrogens is 268 g/mol. The molecule has 3 rings (SSSR count). The largest absolute Gasteiger partial charge is 0.342 e. The van der Waals surface area contributed by atoms with Crippen LogP contribution in [0.4, 0.5) is 4.79 Å². The molecule has 6 heteroatoms. The van der Waals surface area contributed by atoms with Gasteiger partial charge in [0.05, 0.1) is 5.41 Å². The van der Waals surface area contributed by atoms with Gasteiger partial charge in [-0.2, -0.15) is 0 Å². The second kappa shape index (κ2) is 5.83. The van der Waals surface area contributed by atoms with E-state index in [1.54, 1.807) is 0 Å². The molecule has 0 aromatic heterocycles. The Kier molecular flexibility index (Phi) is 4.06. The summed E-state index contributed by atoms with van der Waals surface area (Å²) in [5, 5.41) is 2.85. The molecule has 0 aromatic rings. The van der Waals surface area contributed by atoms with Crippen molar-refractivity contribution in [3.05, 3.63) is 0 Å². The number of nitrogens with zero attached hydrogens (tertiary/aromatic N) is 2. The molecule has 3 fully saturated rings. The first-order valence-electron chi connectivity index (χ1n) is 8.20. The lowest BCUT2D eigenvalue weighted by Crippen LogP contribution is -2.52. The molecule has 3 N–H and O–H groups in total. The summed E-state index contributed by atoms with van der Waals surface area (Å²) >= 11 is 0. The Morgan fingerprint density at radius 1 is 1.24 bits per heavy atom. The van der Waals surface area contributed by atoms with Crippen LogP contribution in [-0.2, 0) is 4.79 Å². The normalized spacial score (nSPS) is 26.2. The van der Waals surface area contributed by atoms with Gasteiger partial charge < -0.3 is 20.9 Å². The molecule has 6 nitrogen and oxygen atoms in total. The van der Waals surface area contributed by atoms with Crippen molar-refractivity contribution in [2.45, 2.75) is 44.6 Å². The highest BCUT2D eigenvalue weighted by Gasteiger charge is 2.43. The van der Waals surface area contributed by atoms with Crippen molar-refractivity contribution >= 4 is 11.9 Å². The summed E-state index contributed by atoms with van der Waals surface area (Å²) in [7, 11) is 0. The minimum absolute atomic E-state index is 0.0500. The number of nitrogens with one attached hydrogen (secondary N) is 1. The lowest BCUT2D eigenvalue weighted by Gasteiger charge is -2.40. The van der Waals surface area contributed by atoms with Crippen LogP contribution < -0.4 is 11.1 Å². The van der Waals surface area contributed by atoms with Gasteiger partial charge in [-0.15, -0.1) is 0 Å². The van der Waals surface area contributed by atoms with Crippen LogP contribution >= 0.6 is 0 Å². The van der Waals surface area contributed by atoms with Gasteiger partial charge >= 0.3 is 6.03 Å².